The molecule has 8 nitrogen and oxygen atoms in total. The Hall–Kier alpha value is -3.11. The molecule has 0 spiro atoms. The smallest absolute Gasteiger partial charge is 0.416 e. The second-order valence-electron chi connectivity index (χ2n) is 6.32. The van der Waals surface area contributed by atoms with Gasteiger partial charge in [-0.05, 0) is 17.7 Å². The molecule has 30 heavy (non-hydrogen) atoms. The molecule has 11 heteroatoms. The van der Waals surface area contributed by atoms with E-state index in [9.17, 15) is 32.3 Å². The van der Waals surface area contributed by atoms with Crippen molar-refractivity contribution in [1.29, 1.82) is 0 Å². The van der Waals surface area contributed by atoms with Gasteiger partial charge in [0, 0.05) is 5.92 Å². The van der Waals surface area contributed by atoms with Crippen LogP contribution in [-0.2, 0) is 46.0 Å². The van der Waals surface area contributed by atoms with E-state index < -0.39 is 53.4 Å². The van der Waals surface area contributed by atoms with Crippen LogP contribution in [-0.4, -0.2) is 51.2 Å². The third kappa shape index (κ3) is 6.46. The summed E-state index contributed by atoms with van der Waals surface area (Å²) < 4.78 is 51.6. The van der Waals surface area contributed by atoms with Crippen molar-refractivity contribution in [2.24, 2.45) is 11.8 Å². The minimum absolute atomic E-state index is 0.259. The fourth-order valence-corrected chi connectivity index (χ4v) is 2.73. The molecule has 0 aliphatic heterocycles. The van der Waals surface area contributed by atoms with Gasteiger partial charge in [-0.1, -0.05) is 19.1 Å². The fourth-order valence-electron chi connectivity index (χ4n) is 2.73. The highest BCUT2D eigenvalue weighted by atomic mass is 19.4. The van der Waals surface area contributed by atoms with Gasteiger partial charge in [0.1, 0.15) is 6.04 Å². The summed E-state index contributed by atoms with van der Waals surface area (Å²) in [4.78, 5) is 48.5. The van der Waals surface area contributed by atoms with Crippen molar-refractivity contribution in [1.82, 2.24) is 5.32 Å². The number of nitrogens with one attached hydrogen (secondary N) is 1. The van der Waals surface area contributed by atoms with Crippen LogP contribution in [0.3, 0.4) is 0 Å². The summed E-state index contributed by atoms with van der Waals surface area (Å²) in [6.07, 6.45) is -4.86. The van der Waals surface area contributed by atoms with Crippen molar-refractivity contribution in [2.75, 3.05) is 21.3 Å². The van der Waals surface area contributed by atoms with Gasteiger partial charge in [0.15, 0.2) is 5.92 Å². The quantitative estimate of drug-likeness (QED) is 0.376. The minimum atomic E-state index is -4.51. The van der Waals surface area contributed by atoms with Gasteiger partial charge in [-0.3, -0.25) is 14.4 Å². The van der Waals surface area contributed by atoms with Crippen LogP contribution in [0.5, 0.6) is 0 Å². The van der Waals surface area contributed by atoms with Crippen LogP contribution >= 0.6 is 0 Å². The van der Waals surface area contributed by atoms with E-state index in [0.717, 1.165) is 45.6 Å². The largest absolute Gasteiger partial charge is 0.468 e. The molecule has 1 rings (SSSR count). The van der Waals surface area contributed by atoms with Gasteiger partial charge >= 0.3 is 24.1 Å². The maximum absolute atomic E-state index is 12.6. The Labute approximate surface area is 170 Å². The number of ether oxygens (including phenoxy) is 3. The second kappa shape index (κ2) is 10.6. The van der Waals surface area contributed by atoms with Crippen molar-refractivity contribution in [2.45, 2.75) is 25.6 Å². The zero-order chi connectivity index (χ0) is 23.1. The molecule has 0 unspecified atom stereocenters. The Bertz CT molecular complexity index is 761. The summed E-state index contributed by atoms with van der Waals surface area (Å²) in [5, 5.41) is 2.35. The molecule has 0 bridgehead atoms. The number of hydrogen-bond acceptors (Lipinski definition) is 7. The van der Waals surface area contributed by atoms with Crippen molar-refractivity contribution in [3.8, 4) is 0 Å². The lowest BCUT2D eigenvalue weighted by molar-refractivity contribution is -0.163. The topological polar surface area (TPSA) is 108 Å². The molecule has 0 saturated carbocycles. The number of carbonyl (C=O) groups excluding carboxylic acids is 4. The molecular formula is C19H22F3NO7. The number of alkyl halides is 3. The molecule has 1 amide bonds. The van der Waals surface area contributed by atoms with E-state index in [0.29, 0.717) is 0 Å². The van der Waals surface area contributed by atoms with E-state index >= 15 is 0 Å². The van der Waals surface area contributed by atoms with E-state index in [1.54, 1.807) is 0 Å². The Balaban J connectivity index is 3.01. The van der Waals surface area contributed by atoms with Gasteiger partial charge < -0.3 is 19.5 Å². The van der Waals surface area contributed by atoms with Crippen LogP contribution in [0.2, 0.25) is 0 Å². The SMILES string of the molecule is COC(=O)C(C(=O)OC)[C@H](C)[C@@H](NC(=O)Cc1ccc(C(F)(F)F)cc1)C(=O)OC. The van der Waals surface area contributed by atoms with Crippen molar-refractivity contribution >= 4 is 23.8 Å². The van der Waals surface area contributed by atoms with Gasteiger partial charge in [-0.25, -0.2) is 4.79 Å². The van der Waals surface area contributed by atoms with Crippen LogP contribution in [0.1, 0.15) is 18.1 Å². The van der Waals surface area contributed by atoms with E-state index in [-0.39, 0.29) is 12.0 Å². The van der Waals surface area contributed by atoms with Gasteiger partial charge in [-0.2, -0.15) is 13.2 Å². The number of carbonyl (C=O) groups is 4. The van der Waals surface area contributed by atoms with Crippen LogP contribution < -0.4 is 5.32 Å². The summed E-state index contributed by atoms with van der Waals surface area (Å²) >= 11 is 0. The van der Waals surface area contributed by atoms with Crippen molar-refractivity contribution in [3.63, 3.8) is 0 Å². The summed E-state index contributed by atoms with van der Waals surface area (Å²) in [6, 6.07) is 2.50. The predicted octanol–water partition coefficient (Wildman–Crippen LogP) is 1.50. The summed E-state index contributed by atoms with van der Waals surface area (Å²) in [5.41, 5.74) is -0.610. The number of halogens is 3. The normalized spacial score (nSPS) is 13.2. The lowest BCUT2D eigenvalue weighted by Gasteiger charge is -2.27. The summed E-state index contributed by atoms with van der Waals surface area (Å²) in [6.45, 7) is 1.35. The first-order chi connectivity index (χ1) is 14.0. The van der Waals surface area contributed by atoms with Crippen LogP contribution in [0.25, 0.3) is 0 Å². The number of methoxy groups -OCH3 is 3. The highest BCUT2D eigenvalue weighted by Gasteiger charge is 2.42. The highest BCUT2D eigenvalue weighted by molar-refractivity contribution is 5.96. The number of benzene rings is 1. The maximum Gasteiger partial charge on any atom is 0.416 e. The van der Waals surface area contributed by atoms with E-state index in [4.69, 9.17) is 0 Å². The monoisotopic (exact) mass is 433 g/mol. The number of hydrogen-bond donors (Lipinski definition) is 1. The van der Waals surface area contributed by atoms with Crippen LogP contribution in [0, 0.1) is 11.8 Å². The van der Waals surface area contributed by atoms with E-state index in [2.05, 4.69) is 19.5 Å². The highest BCUT2D eigenvalue weighted by Crippen LogP contribution is 2.29. The average Bonchev–Trinajstić information content (AvgIpc) is 2.70. The molecule has 1 N–H and O–H groups in total. The minimum Gasteiger partial charge on any atom is -0.468 e. The van der Waals surface area contributed by atoms with Gasteiger partial charge in [0.05, 0.1) is 33.3 Å². The van der Waals surface area contributed by atoms with Gasteiger partial charge in [-0.15, -0.1) is 0 Å². The zero-order valence-electron chi connectivity index (χ0n) is 16.7. The fraction of sp³-hybridized carbons (Fsp3) is 0.474. The molecular weight excluding hydrogens is 411 g/mol. The molecule has 0 fully saturated rings. The third-order valence-corrected chi connectivity index (χ3v) is 4.38. The molecule has 0 aliphatic carbocycles. The Morgan fingerprint density at radius 3 is 1.77 bits per heavy atom. The number of amides is 1. The third-order valence-electron chi connectivity index (χ3n) is 4.38. The molecule has 0 radical (unpaired) electrons. The molecule has 2 atom stereocenters. The van der Waals surface area contributed by atoms with Crippen LogP contribution in [0.4, 0.5) is 13.2 Å². The lowest BCUT2D eigenvalue weighted by atomic mass is 9.87. The number of rotatable bonds is 8. The van der Waals surface area contributed by atoms with Crippen molar-refractivity contribution < 1.29 is 46.6 Å². The second-order valence-corrected chi connectivity index (χ2v) is 6.32. The molecule has 0 saturated heterocycles. The Morgan fingerprint density at radius 2 is 1.37 bits per heavy atom. The lowest BCUT2D eigenvalue weighted by Crippen LogP contribution is -2.51. The van der Waals surface area contributed by atoms with Crippen molar-refractivity contribution in [3.05, 3.63) is 35.4 Å². The molecule has 1 aromatic carbocycles. The maximum atomic E-state index is 12.6. The Kier molecular flexibility index (Phi) is 8.81. The van der Waals surface area contributed by atoms with E-state index in [1.165, 1.54) is 6.92 Å². The first-order valence-corrected chi connectivity index (χ1v) is 8.65. The average molecular weight is 433 g/mol. The summed E-state index contributed by atoms with van der Waals surface area (Å²) in [7, 11) is 3.14. The zero-order valence-corrected chi connectivity index (χ0v) is 16.7. The van der Waals surface area contributed by atoms with Gasteiger partial charge in [0.2, 0.25) is 5.91 Å². The first kappa shape index (κ1) is 24.9. The molecule has 0 aromatic heterocycles. The Morgan fingerprint density at radius 1 is 0.900 bits per heavy atom. The molecule has 0 aliphatic rings. The molecule has 1 aromatic rings. The number of esters is 3. The van der Waals surface area contributed by atoms with Gasteiger partial charge in [0.25, 0.3) is 0 Å². The van der Waals surface area contributed by atoms with Crippen LogP contribution in [0.15, 0.2) is 24.3 Å². The first-order valence-electron chi connectivity index (χ1n) is 8.65. The standard InChI is InChI=1S/C19H22F3NO7/c1-10(14(16(25)28-2)17(26)29-3)15(18(27)30-4)23-13(24)9-11-5-7-12(8-6-11)19(20,21)22/h5-8,10,14-15H,9H2,1-4H3,(H,23,24)/t10-,15+/m0/s1. The molecule has 0 heterocycles. The van der Waals surface area contributed by atoms with E-state index in [1.807, 2.05) is 0 Å². The summed E-state index contributed by atoms with van der Waals surface area (Å²) in [5.74, 6) is -6.23. The molecule has 166 valence electrons. The predicted molar refractivity (Wildman–Crippen MR) is 95.8 cm³/mol.